The lowest BCUT2D eigenvalue weighted by Crippen LogP contribution is -2.27. The second-order valence-corrected chi connectivity index (χ2v) is 7.35. The van der Waals surface area contributed by atoms with Crippen LogP contribution in [-0.2, 0) is 0 Å². The first-order valence-electron chi connectivity index (χ1n) is 8.72. The van der Waals surface area contributed by atoms with Gasteiger partial charge in [0.1, 0.15) is 12.4 Å². The van der Waals surface area contributed by atoms with E-state index in [4.69, 9.17) is 4.74 Å². The molecule has 0 aliphatic carbocycles. The summed E-state index contributed by atoms with van der Waals surface area (Å²) in [6.45, 7) is 8.61. The molecule has 27 heavy (non-hydrogen) atoms. The standard InChI is InChI=1S/C18H24BrN7O/c1-12(2)21-16-23-17(22-13(3)4)25-18(24-16)26(11-20)9-10-27-15-7-5-14(19)6-8-15/h5-8,12-13H,9-10H2,1-4H3,(H2,21,22,23,24,25). The lowest BCUT2D eigenvalue weighted by atomic mass is 10.3. The second kappa shape index (κ2) is 9.92. The fourth-order valence-corrected chi connectivity index (χ4v) is 2.38. The highest BCUT2D eigenvalue weighted by Crippen LogP contribution is 2.17. The predicted octanol–water partition coefficient (Wildman–Crippen LogP) is 3.64. The average Bonchev–Trinajstić information content (AvgIpc) is 2.59. The van der Waals surface area contributed by atoms with Crippen LogP contribution in [0.25, 0.3) is 0 Å². The van der Waals surface area contributed by atoms with E-state index in [1.807, 2.05) is 52.0 Å². The van der Waals surface area contributed by atoms with Gasteiger partial charge < -0.3 is 15.4 Å². The maximum absolute atomic E-state index is 9.53. The molecule has 144 valence electrons. The fraction of sp³-hybridized carbons (Fsp3) is 0.444. The van der Waals surface area contributed by atoms with Crippen molar-refractivity contribution in [3.63, 3.8) is 0 Å². The molecule has 0 aliphatic rings. The van der Waals surface area contributed by atoms with Crippen LogP contribution < -0.4 is 20.3 Å². The molecule has 0 spiro atoms. The quantitative estimate of drug-likeness (QED) is 0.456. The molecule has 1 heterocycles. The van der Waals surface area contributed by atoms with Gasteiger partial charge in [-0.05, 0) is 52.0 Å². The van der Waals surface area contributed by atoms with Gasteiger partial charge in [-0.2, -0.15) is 20.2 Å². The van der Waals surface area contributed by atoms with Gasteiger partial charge in [0, 0.05) is 16.6 Å². The zero-order chi connectivity index (χ0) is 19.8. The molecule has 9 heteroatoms. The highest BCUT2D eigenvalue weighted by atomic mass is 79.9. The Morgan fingerprint density at radius 1 is 1.04 bits per heavy atom. The molecule has 2 aromatic rings. The first-order valence-corrected chi connectivity index (χ1v) is 9.51. The summed E-state index contributed by atoms with van der Waals surface area (Å²) in [6, 6.07) is 7.83. The Morgan fingerprint density at radius 3 is 2.07 bits per heavy atom. The summed E-state index contributed by atoms with van der Waals surface area (Å²) in [4.78, 5) is 14.5. The molecule has 0 fully saturated rings. The summed E-state index contributed by atoms with van der Waals surface area (Å²) >= 11 is 3.38. The topological polar surface area (TPSA) is 99.0 Å². The van der Waals surface area contributed by atoms with Gasteiger partial charge in [0.05, 0.1) is 6.54 Å². The molecule has 2 rings (SSSR count). The number of halogens is 1. The van der Waals surface area contributed by atoms with Crippen molar-refractivity contribution in [2.45, 2.75) is 39.8 Å². The molecule has 0 unspecified atom stereocenters. The third-order valence-corrected chi connectivity index (χ3v) is 3.75. The van der Waals surface area contributed by atoms with Crippen molar-refractivity contribution in [1.82, 2.24) is 15.0 Å². The van der Waals surface area contributed by atoms with Crippen LogP contribution >= 0.6 is 15.9 Å². The lowest BCUT2D eigenvalue weighted by molar-refractivity contribution is 0.327. The normalized spacial score (nSPS) is 10.6. The minimum atomic E-state index is 0.156. The van der Waals surface area contributed by atoms with Gasteiger partial charge in [-0.25, -0.2) is 4.90 Å². The number of anilines is 3. The van der Waals surface area contributed by atoms with Crippen molar-refractivity contribution in [1.29, 1.82) is 5.26 Å². The van der Waals surface area contributed by atoms with Crippen LogP contribution in [0, 0.1) is 11.5 Å². The zero-order valence-corrected chi connectivity index (χ0v) is 17.5. The Hall–Kier alpha value is -2.60. The first-order chi connectivity index (χ1) is 12.9. The maximum Gasteiger partial charge on any atom is 0.245 e. The van der Waals surface area contributed by atoms with E-state index < -0.39 is 0 Å². The summed E-state index contributed by atoms with van der Waals surface area (Å²) in [7, 11) is 0. The van der Waals surface area contributed by atoms with Crippen LogP contribution in [0.3, 0.4) is 0 Å². The summed E-state index contributed by atoms with van der Waals surface area (Å²) in [6.07, 6.45) is 2.11. The van der Waals surface area contributed by atoms with Gasteiger partial charge >= 0.3 is 0 Å². The van der Waals surface area contributed by atoms with E-state index in [2.05, 4.69) is 47.7 Å². The molecular formula is C18H24BrN7O. The Balaban J connectivity index is 2.11. The van der Waals surface area contributed by atoms with Gasteiger partial charge in [-0.1, -0.05) is 15.9 Å². The number of nitriles is 1. The summed E-state index contributed by atoms with van der Waals surface area (Å²) in [5.74, 6) is 1.86. The molecule has 0 radical (unpaired) electrons. The zero-order valence-electron chi connectivity index (χ0n) is 15.9. The van der Waals surface area contributed by atoms with Crippen molar-refractivity contribution in [3.05, 3.63) is 28.7 Å². The fourth-order valence-electron chi connectivity index (χ4n) is 2.11. The highest BCUT2D eigenvalue weighted by Gasteiger charge is 2.15. The Kier molecular flexibility index (Phi) is 7.61. The summed E-state index contributed by atoms with van der Waals surface area (Å²) in [5.41, 5.74) is 0. The van der Waals surface area contributed by atoms with Crippen molar-refractivity contribution in [3.8, 4) is 11.9 Å². The van der Waals surface area contributed by atoms with Gasteiger partial charge in [-0.3, -0.25) is 0 Å². The van der Waals surface area contributed by atoms with Crippen LogP contribution in [0.2, 0.25) is 0 Å². The van der Waals surface area contributed by atoms with Crippen molar-refractivity contribution in [2.75, 3.05) is 28.7 Å². The number of hydrogen-bond acceptors (Lipinski definition) is 8. The summed E-state index contributed by atoms with van der Waals surface area (Å²) < 4.78 is 6.67. The van der Waals surface area contributed by atoms with E-state index in [1.54, 1.807) is 0 Å². The van der Waals surface area contributed by atoms with Crippen LogP contribution in [0.1, 0.15) is 27.7 Å². The van der Waals surface area contributed by atoms with E-state index in [1.165, 1.54) is 4.90 Å². The Bertz CT molecular complexity index is 746. The third kappa shape index (κ3) is 6.90. The molecule has 0 bridgehead atoms. The van der Waals surface area contributed by atoms with Crippen LogP contribution in [0.5, 0.6) is 5.75 Å². The highest BCUT2D eigenvalue weighted by molar-refractivity contribution is 9.10. The van der Waals surface area contributed by atoms with Crippen molar-refractivity contribution in [2.24, 2.45) is 0 Å². The molecule has 0 saturated carbocycles. The summed E-state index contributed by atoms with van der Waals surface area (Å²) in [5, 5.41) is 15.8. The molecule has 0 amide bonds. The first kappa shape index (κ1) is 20.7. The minimum absolute atomic E-state index is 0.156. The molecule has 0 atom stereocenters. The monoisotopic (exact) mass is 433 g/mol. The second-order valence-electron chi connectivity index (χ2n) is 6.43. The molecule has 1 aromatic carbocycles. The van der Waals surface area contributed by atoms with E-state index in [9.17, 15) is 5.26 Å². The largest absolute Gasteiger partial charge is 0.492 e. The van der Waals surface area contributed by atoms with Gasteiger partial charge in [0.2, 0.25) is 17.8 Å². The van der Waals surface area contributed by atoms with Crippen molar-refractivity contribution >= 4 is 33.8 Å². The SMILES string of the molecule is CC(C)Nc1nc(NC(C)C)nc(N(C#N)CCOc2ccc(Br)cc2)n1. The smallest absolute Gasteiger partial charge is 0.245 e. The average molecular weight is 434 g/mol. The van der Waals surface area contributed by atoms with Crippen molar-refractivity contribution < 1.29 is 4.74 Å². The number of benzene rings is 1. The molecule has 0 aliphatic heterocycles. The van der Waals surface area contributed by atoms with Crippen LogP contribution in [-0.4, -0.2) is 40.2 Å². The molecule has 0 saturated heterocycles. The third-order valence-electron chi connectivity index (χ3n) is 3.22. The Labute approximate surface area is 168 Å². The van der Waals surface area contributed by atoms with E-state index >= 15 is 0 Å². The number of hydrogen-bond donors (Lipinski definition) is 2. The molecule has 8 nitrogen and oxygen atoms in total. The van der Waals surface area contributed by atoms with Crippen LogP contribution in [0.4, 0.5) is 17.8 Å². The molecular weight excluding hydrogens is 410 g/mol. The number of ether oxygens (including phenoxy) is 1. The van der Waals surface area contributed by atoms with E-state index in [0.29, 0.717) is 25.0 Å². The predicted molar refractivity (Wildman–Crippen MR) is 110 cm³/mol. The Morgan fingerprint density at radius 2 is 1.59 bits per heavy atom. The maximum atomic E-state index is 9.53. The van der Waals surface area contributed by atoms with E-state index in [0.717, 1.165) is 10.2 Å². The van der Waals surface area contributed by atoms with Crippen LogP contribution in [0.15, 0.2) is 28.7 Å². The lowest BCUT2D eigenvalue weighted by Gasteiger charge is -2.18. The van der Waals surface area contributed by atoms with Gasteiger partial charge in [-0.15, -0.1) is 0 Å². The minimum Gasteiger partial charge on any atom is -0.492 e. The number of nitrogens with one attached hydrogen (secondary N) is 2. The van der Waals surface area contributed by atoms with Gasteiger partial charge in [0.25, 0.3) is 0 Å². The molecule has 1 aromatic heterocycles. The molecule has 2 N–H and O–H groups in total. The number of rotatable bonds is 9. The number of aromatic nitrogens is 3. The van der Waals surface area contributed by atoms with E-state index in [-0.39, 0.29) is 18.0 Å². The number of nitrogens with zero attached hydrogens (tertiary/aromatic N) is 5. The van der Waals surface area contributed by atoms with Gasteiger partial charge in [0.15, 0.2) is 6.19 Å².